The van der Waals surface area contributed by atoms with Gasteiger partial charge in [0.05, 0.1) is 18.2 Å². The summed E-state index contributed by atoms with van der Waals surface area (Å²) in [4.78, 5) is 24.1. The van der Waals surface area contributed by atoms with Crippen LogP contribution < -0.4 is 10.1 Å². The van der Waals surface area contributed by atoms with E-state index < -0.39 is 12.0 Å². The summed E-state index contributed by atoms with van der Waals surface area (Å²) in [5.41, 5.74) is 0.440. The van der Waals surface area contributed by atoms with Crippen LogP contribution in [0.4, 0.5) is 10.5 Å². The average molecular weight is 371 g/mol. The van der Waals surface area contributed by atoms with Gasteiger partial charge in [0.15, 0.2) is 0 Å². The lowest BCUT2D eigenvalue weighted by molar-refractivity contribution is -0.137. The highest BCUT2D eigenvalue weighted by atomic mass is 35.5. The highest BCUT2D eigenvalue weighted by Gasteiger charge is 2.17. The first kappa shape index (κ1) is 19.3. The van der Waals surface area contributed by atoms with Crippen LogP contribution in [0.5, 0.6) is 5.75 Å². The van der Waals surface area contributed by atoms with Crippen LogP contribution in [0, 0.1) is 0 Å². The molecule has 0 aromatic heterocycles. The second-order valence-electron chi connectivity index (χ2n) is 5.94. The summed E-state index contributed by atoms with van der Waals surface area (Å²) in [6.45, 7) is 1.25. The number of ether oxygens (including phenoxy) is 2. The monoisotopic (exact) mass is 370 g/mol. The van der Waals surface area contributed by atoms with Crippen LogP contribution in [0.3, 0.4) is 0 Å². The topological polar surface area (TPSA) is 88.1 Å². The molecule has 1 aliphatic rings. The van der Waals surface area contributed by atoms with Crippen molar-refractivity contribution in [1.29, 1.82) is 0 Å². The summed E-state index contributed by atoms with van der Waals surface area (Å²) < 4.78 is 11.4. The molecular weight excluding hydrogens is 348 g/mol. The van der Waals surface area contributed by atoms with Crippen molar-refractivity contribution in [3.8, 4) is 5.75 Å². The summed E-state index contributed by atoms with van der Waals surface area (Å²) in [7, 11) is 1.53. The highest BCUT2D eigenvalue weighted by Crippen LogP contribution is 2.29. The molecule has 138 valence electrons. The lowest BCUT2D eigenvalue weighted by Crippen LogP contribution is -2.33. The highest BCUT2D eigenvalue weighted by molar-refractivity contribution is 6.31. The maximum atomic E-state index is 12.2. The molecule has 1 aromatic carbocycles. The summed E-state index contributed by atoms with van der Waals surface area (Å²) in [5.74, 6) is -0.461. The number of aliphatic carboxylic acids is 1. The molecule has 1 atom stereocenters. The number of halogens is 1. The minimum Gasteiger partial charge on any atom is -0.489 e. The molecule has 8 heteroatoms. The van der Waals surface area contributed by atoms with Gasteiger partial charge in [0.1, 0.15) is 12.4 Å². The number of rotatable bonds is 7. The van der Waals surface area contributed by atoms with Gasteiger partial charge in [-0.1, -0.05) is 11.6 Å². The number of hydrogen-bond donors (Lipinski definition) is 2. The number of carbonyl (C=O) groups is 2. The predicted molar refractivity (Wildman–Crippen MR) is 94.4 cm³/mol. The predicted octanol–water partition coefficient (Wildman–Crippen LogP) is 3.23. The molecule has 1 unspecified atom stereocenters. The minimum absolute atomic E-state index is 0.0474. The zero-order valence-electron chi connectivity index (χ0n) is 14.2. The lowest BCUT2D eigenvalue weighted by atomic mass is 10.1. The maximum absolute atomic E-state index is 12.2. The van der Waals surface area contributed by atoms with E-state index in [4.69, 9.17) is 26.2 Å². The molecule has 1 saturated heterocycles. The zero-order chi connectivity index (χ0) is 18.2. The van der Waals surface area contributed by atoms with E-state index >= 15 is 0 Å². The fourth-order valence-corrected chi connectivity index (χ4v) is 2.59. The number of nitrogens with one attached hydrogen (secondary N) is 1. The van der Waals surface area contributed by atoms with Crippen LogP contribution in [0.25, 0.3) is 0 Å². The number of carboxylic acid groups (broad SMARTS) is 1. The number of carboxylic acids is 1. The van der Waals surface area contributed by atoms with Crippen LogP contribution in [0.1, 0.15) is 25.7 Å². The Labute approximate surface area is 151 Å². The van der Waals surface area contributed by atoms with Crippen molar-refractivity contribution in [2.75, 3.05) is 32.1 Å². The van der Waals surface area contributed by atoms with Crippen molar-refractivity contribution in [1.82, 2.24) is 4.90 Å². The number of carbonyl (C=O) groups excluding carboxylic acids is 1. The van der Waals surface area contributed by atoms with Gasteiger partial charge in [0.25, 0.3) is 0 Å². The van der Waals surface area contributed by atoms with E-state index in [9.17, 15) is 9.59 Å². The van der Waals surface area contributed by atoms with Crippen LogP contribution in [-0.2, 0) is 9.53 Å². The standard InChI is InChI=1S/C17H23ClN2O5/c1-20(8-7-16(21)22)17(23)19-14-10-12(18)5-6-15(14)25-11-13-4-2-3-9-24-13/h5-6,10,13H,2-4,7-9,11H2,1H3,(H,19,23)(H,21,22). The third kappa shape index (κ3) is 6.43. The summed E-state index contributed by atoms with van der Waals surface area (Å²) in [6.07, 6.45) is 3.06. The van der Waals surface area contributed by atoms with Gasteiger partial charge in [-0.15, -0.1) is 0 Å². The number of amides is 2. The quantitative estimate of drug-likeness (QED) is 0.769. The number of anilines is 1. The van der Waals surface area contributed by atoms with Gasteiger partial charge >= 0.3 is 12.0 Å². The summed E-state index contributed by atoms with van der Waals surface area (Å²) >= 11 is 6.01. The fraction of sp³-hybridized carbons (Fsp3) is 0.529. The normalized spacial score (nSPS) is 17.0. The molecule has 0 aliphatic carbocycles. The van der Waals surface area contributed by atoms with Gasteiger partial charge in [-0.05, 0) is 37.5 Å². The van der Waals surface area contributed by atoms with Crippen molar-refractivity contribution < 1.29 is 24.2 Å². The molecule has 25 heavy (non-hydrogen) atoms. The number of hydrogen-bond acceptors (Lipinski definition) is 4. The second-order valence-corrected chi connectivity index (χ2v) is 6.37. The first-order valence-corrected chi connectivity index (χ1v) is 8.61. The molecule has 1 aliphatic heterocycles. The first-order valence-electron chi connectivity index (χ1n) is 8.23. The van der Waals surface area contributed by atoms with Crippen molar-refractivity contribution >= 4 is 29.3 Å². The van der Waals surface area contributed by atoms with Gasteiger partial charge in [0.2, 0.25) is 0 Å². The molecule has 7 nitrogen and oxygen atoms in total. The Morgan fingerprint density at radius 2 is 2.24 bits per heavy atom. The molecule has 0 bridgehead atoms. The van der Waals surface area contributed by atoms with E-state index in [2.05, 4.69) is 5.32 Å². The van der Waals surface area contributed by atoms with Crippen molar-refractivity contribution in [3.05, 3.63) is 23.2 Å². The molecule has 0 spiro atoms. The number of urea groups is 1. The molecule has 2 N–H and O–H groups in total. The fourth-order valence-electron chi connectivity index (χ4n) is 2.42. The molecule has 2 amide bonds. The largest absolute Gasteiger partial charge is 0.489 e. The average Bonchev–Trinajstić information content (AvgIpc) is 2.59. The van der Waals surface area contributed by atoms with E-state index in [1.807, 2.05) is 0 Å². The smallest absolute Gasteiger partial charge is 0.321 e. The summed E-state index contributed by atoms with van der Waals surface area (Å²) in [5, 5.41) is 11.9. The third-order valence-corrected chi connectivity index (χ3v) is 4.12. The van der Waals surface area contributed by atoms with Crippen molar-refractivity contribution in [3.63, 3.8) is 0 Å². The lowest BCUT2D eigenvalue weighted by Gasteiger charge is -2.24. The molecule has 1 aromatic rings. The Bertz CT molecular complexity index is 605. The van der Waals surface area contributed by atoms with Gasteiger partial charge in [0, 0.05) is 25.2 Å². The van der Waals surface area contributed by atoms with Gasteiger partial charge in [-0.2, -0.15) is 0 Å². The van der Waals surface area contributed by atoms with Crippen LogP contribution >= 0.6 is 11.6 Å². The Morgan fingerprint density at radius 3 is 2.92 bits per heavy atom. The SMILES string of the molecule is CN(CCC(=O)O)C(=O)Nc1cc(Cl)ccc1OCC1CCCCO1. The van der Waals surface area contributed by atoms with E-state index in [-0.39, 0.29) is 19.1 Å². The van der Waals surface area contributed by atoms with Crippen molar-refractivity contribution in [2.24, 2.45) is 0 Å². The maximum Gasteiger partial charge on any atom is 0.321 e. The number of nitrogens with zero attached hydrogens (tertiary/aromatic N) is 1. The Balaban J connectivity index is 1.97. The third-order valence-electron chi connectivity index (χ3n) is 3.89. The first-order chi connectivity index (χ1) is 12.0. The minimum atomic E-state index is -0.959. The van der Waals surface area contributed by atoms with E-state index in [1.165, 1.54) is 11.9 Å². The van der Waals surface area contributed by atoms with Gasteiger partial charge in [-0.25, -0.2) is 4.79 Å². The Kier molecular flexibility index (Phi) is 7.33. The molecular formula is C17H23ClN2O5. The zero-order valence-corrected chi connectivity index (χ0v) is 14.9. The van der Waals surface area contributed by atoms with Crippen LogP contribution in [0.2, 0.25) is 5.02 Å². The summed E-state index contributed by atoms with van der Waals surface area (Å²) in [6, 6.07) is 4.55. The number of benzene rings is 1. The Morgan fingerprint density at radius 1 is 1.44 bits per heavy atom. The molecule has 2 rings (SSSR count). The Hall–Kier alpha value is -1.99. The van der Waals surface area contributed by atoms with Crippen molar-refractivity contribution in [2.45, 2.75) is 31.8 Å². The van der Waals surface area contributed by atoms with Gasteiger partial charge < -0.3 is 24.8 Å². The molecule has 0 saturated carbocycles. The molecule has 1 fully saturated rings. The van der Waals surface area contributed by atoms with E-state index in [1.54, 1.807) is 18.2 Å². The second kappa shape index (κ2) is 9.48. The van der Waals surface area contributed by atoms with Gasteiger partial charge in [-0.3, -0.25) is 4.79 Å². The van der Waals surface area contributed by atoms with Crippen LogP contribution in [0.15, 0.2) is 18.2 Å². The van der Waals surface area contributed by atoms with E-state index in [0.29, 0.717) is 23.1 Å². The van der Waals surface area contributed by atoms with E-state index in [0.717, 1.165) is 25.9 Å². The van der Waals surface area contributed by atoms with Crippen LogP contribution in [-0.4, -0.2) is 54.9 Å². The molecule has 1 heterocycles. The molecule has 0 radical (unpaired) electrons.